The van der Waals surface area contributed by atoms with Crippen molar-refractivity contribution < 1.29 is 22.7 Å². The van der Waals surface area contributed by atoms with Crippen LogP contribution in [0.5, 0.6) is 5.75 Å². The van der Waals surface area contributed by atoms with Crippen molar-refractivity contribution in [2.75, 3.05) is 18.0 Å². The average molecular weight is 642 g/mol. The molecule has 0 fully saturated rings. The summed E-state index contributed by atoms with van der Waals surface area (Å²) in [6.45, 7) is 7.36. The molecule has 0 heterocycles. The van der Waals surface area contributed by atoms with Gasteiger partial charge >= 0.3 is 0 Å². The highest BCUT2D eigenvalue weighted by Crippen LogP contribution is 2.27. The molecule has 0 saturated heterocycles. The van der Waals surface area contributed by atoms with E-state index in [-0.39, 0.29) is 29.8 Å². The van der Waals surface area contributed by atoms with E-state index in [0.29, 0.717) is 11.4 Å². The van der Waals surface area contributed by atoms with Crippen molar-refractivity contribution in [2.24, 2.45) is 0 Å². The summed E-state index contributed by atoms with van der Waals surface area (Å²) in [6, 6.07) is 29.3. The predicted molar refractivity (Wildman–Crippen MR) is 182 cm³/mol. The Labute approximate surface area is 273 Å². The maximum absolute atomic E-state index is 14.6. The fourth-order valence-electron chi connectivity index (χ4n) is 5.00. The van der Waals surface area contributed by atoms with E-state index >= 15 is 0 Å². The number of hydrogen-bond acceptors (Lipinski definition) is 5. The Morgan fingerprint density at radius 3 is 1.96 bits per heavy atom. The second-order valence-corrected chi connectivity index (χ2v) is 13.4. The minimum absolute atomic E-state index is 0.0575. The molecule has 9 heteroatoms. The van der Waals surface area contributed by atoms with Gasteiger partial charge in [-0.05, 0) is 74.7 Å². The third-order valence-electron chi connectivity index (χ3n) is 7.99. The Bertz CT molecular complexity index is 1690. The van der Waals surface area contributed by atoms with Gasteiger partial charge in [-0.15, -0.1) is 0 Å². The average Bonchev–Trinajstić information content (AvgIpc) is 3.06. The molecule has 46 heavy (non-hydrogen) atoms. The number of methoxy groups -OCH3 is 1. The van der Waals surface area contributed by atoms with E-state index in [2.05, 4.69) is 5.32 Å². The largest absolute Gasteiger partial charge is 0.497 e. The van der Waals surface area contributed by atoms with Gasteiger partial charge in [0.15, 0.2) is 0 Å². The second kappa shape index (κ2) is 15.6. The second-order valence-electron chi connectivity index (χ2n) is 11.6. The van der Waals surface area contributed by atoms with Crippen LogP contribution >= 0.6 is 0 Å². The lowest BCUT2D eigenvalue weighted by atomic mass is 10.0. The SMILES string of the molecule is CC[C@@H](C)NC(=O)[C@H](Cc1ccccc1)N(Cc1ccc(C)cc1)C(=O)CN(c1ccc(OC)cc1)S(=O)(=O)c1ccc(C)cc1. The van der Waals surface area contributed by atoms with E-state index < -0.39 is 28.5 Å². The third kappa shape index (κ3) is 8.75. The van der Waals surface area contributed by atoms with E-state index in [4.69, 9.17) is 4.74 Å². The number of amides is 2. The summed E-state index contributed by atoms with van der Waals surface area (Å²) in [6.07, 6.45) is 0.976. The molecular weight excluding hydrogens is 598 g/mol. The van der Waals surface area contributed by atoms with Crippen LogP contribution in [0.2, 0.25) is 0 Å². The summed E-state index contributed by atoms with van der Waals surface area (Å²) in [4.78, 5) is 30.1. The van der Waals surface area contributed by atoms with E-state index in [1.54, 1.807) is 36.4 Å². The fraction of sp³-hybridized carbons (Fsp3) is 0.297. The molecule has 0 aromatic heterocycles. The smallest absolute Gasteiger partial charge is 0.264 e. The summed E-state index contributed by atoms with van der Waals surface area (Å²) >= 11 is 0. The van der Waals surface area contributed by atoms with Crippen LogP contribution < -0.4 is 14.4 Å². The van der Waals surface area contributed by atoms with Crippen molar-refractivity contribution in [1.29, 1.82) is 0 Å². The van der Waals surface area contributed by atoms with E-state index in [9.17, 15) is 18.0 Å². The Morgan fingerprint density at radius 1 is 0.804 bits per heavy atom. The molecule has 0 radical (unpaired) electrons. The topological polar surface area (TPSA) is 96.0 Å². The number of carbonyl (C=O) groups excluding carboxylic acids is 2. The zero-order valence-electron chi connectivity index (χ0n) is 27.1. The lowest BCUT2D eigenvalue weighted by Crippen LogP contribution is -2.54. The Kier molecular flexibility index (Phi) is 11.6. The van der Waals surface area contributed by atoms with Crippen LogP contribution in [-0.2, 0) is 32.6 Å². The number of hydrogen-bond donors (Lipinski definition) is 1. The number of sulfonamides is 1. The van der Waals surface area contributed by atoms with Crippen molar-refractivity contribution in [1.82, 2.24) is 10.2 Å². The first kappa shape index (κ1) is 34.2. The van der Waals surface area contributed by atoms with Crippen molar-refractivity contribution in [3.8, 4) is 5.75 Å². The van der Waals surface area contributed by atoms with Crippen LogP contribution in [0.4, 0.5) is 5.69 Å². The van der Waals surface area contributed by atoms with Gasteiger partial charge in [0.2, 0.25) is 11.8 Å². The lowest BCUT2D eigenvalue weighted by molar-refractivity contribution is -0.140. The third-order valence-corrected chi connectivity index (χ3v) is 9.78. The lowest BCUT2D eigenvalue weighted by Gasteiger charge is -2.34. The number of nitrogens with one attached hydrogen (secondary N) is 1. The summed E-state index contributed by atoms with van der Waals surface area (Å²) in [5.74, 6) is -0.253. The molecule has 2 atom stereocenters. The van der Waals surface area contributed by atoms with Gasteiger partial charge < -0.3 is 15.0 Å². The monoisotopic (exact) mass is 641 g/mol. The highest BCUT2D eigenvalue weighted by atomic mass is 32.2. The normalized spacial score (nSPS) is 12.5. The number of rotatable bonds is 14. The van der Waals surface area contributed by atoms with Crippen LogP contribution in [0.15, 0.2) is 108 Å². The molecular formula is C37H43N3O5S. The Hall–Kier alpha value is -4.63. The molecule has 0 unspecified atom stereocenters. The van der Waals surface area contributed by atoms with Gasteiger partial charge in [0.1, 0.15) is 18.3 Å². The molecule has 0 saturated carbocycles. The molecule has 1 N–H and O–H groups in total. The van der Waals surface area contributed by atoms with E-state index in [1.165, 1.54) is 24.1 Å². The van der Waals surface area contributed by atoms with Crippen molar-refractivity contribution >= 4 is 27.5 Å². The quantitative estimate of drug-likeness (QED) is 0.181. The van der Waals surface area contributed by atoms with Gasteiger partial charge in [0.25, 0.3) is 10.0 Å². The Morgan fingerprint density at radius 2 is 1.39 bits per heavy atom. The highest BCUT2D eigenvalue weighted by Gasteiger charge is 2.35. The molecule has 0 aliphatic carbocycles. The molecule has 0 aliphatic rings. The molecule has 0 aliphatic heterocycles. The minimum atomic E-state index is -4.18. The number of carbonyl (C=O) groups is 2. The highest BCUT2D eigenvalue weighted by molar-refractivity contribution is 7.92. The van der Waals surface area contributed by atoms with Crippen LogP contribution in [0.1, 0.15) is 42.5 Å². The van der Waals surface area contributed by atoms with Gasteiger partial charge in [0.05, 0.1) is 17.7 Å². The standard InChI is InChI=1S/C37H43N3O5S/c1-6-29(4)38-37(42)35(24-30-10-8-7-9-11-30)39(25-31-16-12-27(2)13-17-31)36(41)26-40(32-18-20-33(45-5)21-19-32)46(43,44)34-22-14-28(3)15-23-34/h7-23,29,35H,6,24-26H2,1-5H3,(H,38,42)/t29-,35+/m1/s1. The first-order valence-electron chi connectivity index (χ1n) is 15.4. The summed E-state index contributed by atoms with van der Waals surface area (Å²) in [5, 5.41) is 3.06. The van der Waals surface area contributed by atoms with Gasteiger partial charge in [-0.3, -0.25) is 13.9 Å². The fourth-order valence-corrected chi connectivity index (χ4v) is 6.41. The van der Waals surface area contributed by atoms with Crippen LogP contribution in [-0.4, -0.2) is 50.9 Å². The number of benzene rings is 4. The molecule has 2 amide bonds. The van der Waals surface area contributed by atoms with E-state index in [0.717, 1.165) is 33.0 Å². The first-order chi connectivity index (χ1) is 22.0. The zero-order valence-corrected chi connectivity index (χ0v) is 28.0. The van der Waals surface area contributed by atoms with Crippen LogP contribution in [0.25, 0.3) is 0 Å². The maximum atomic E-state index is 14.6. The van der Waals surface area contributed by atoms with Crippen molar-refractivity contribution in [3.63, 3.8) is 0 Å². The molecule has 4 rings (SSSR count). The Balaban J connectivity index is 1.80. The molecule has 0 bridgehead atoms. The summed E-state index contributed by atoms with van der Waals surface area (Å²) in [7, 11) is -2.65. The number of aryl methyl sites for hydroxylation is 2. The van der Waals surface area contributed by atoms with Crippen molar-refractivity contribution in [2.45, 2.75) is 64.1 Å². The molecule has 4 aromatic carbocycles. The van der Waals surface area contributed by atoms with E-state index in [1.807, 2.05) is 82.3 Å². The molecule has 4 aromatic rings. The number of anilines is 1. The first-order valence-corrected chi connectivity index (χ1v) is 16.9. The van der Waals surface area contributed by atoms with Gasteiger partial charge in [-0.25, -0.2) is 8.42 Å². The van der Waals surface area contributed by atoms with Crippen LogP contribution in [0, 0.1) is 13.8 Å². The molecule has 8 nitrogen and oxygen atoms in total. The van der Waals surface area contributed by atoms with Gasteiger partial charge in [0, 0.05) is 19.0 Å². The molecule has 0 spiro atoms. The maximum Gasteiger partial charge on any atom is 0.264 e. The zero-order chi connectivity index (χ0) is 33.3. The number of nitrogens with zero attached hydrogens (tertiary/aromatic N) is 2. The van der Waals surface area contributed by atoms with Crippen molar-refractivity contribution in [3.05, 3.63) is 125 Å². The predicted octanol–water partition coefficient (Wildman–Crippen LogP) is 6.06. The minimum Gasteiger partial charge on any atom is -0.497 e. The van der Waals surface area contributed by atoms with Gasteiger partial charge in [-0.2, -0.15) is 0 Å². The number of ether oxygens (including phenoxy) is 1. The van der Waals surface area contributed by atoms with Crippen LogP contribution in [0.3, 0.4) is 0 Å². The molecule has 242 valence electrons. The van der Waals surface area contributed by atoms with Gasteiger partial charge in [-0.1, -0.05) is 84.8 Å². The summed E-state index contributed by atoms with van der Waals surface area (Å²) in [5.41, 5.74) is 3.98. The summed E-state index contributed by atoms with van der Waals surface area (Å²) < 4.78 is 34.8.